The molecule has 3 atom stereocenters. The minimum Gasteiger partial charge on any atom is -0.497 e. The number of carbonyl (C=O) groups excluding carboxylic acids is 3. The lowest BCUT2D eigenvalue weighted by Crippen LogP contribution is -2.45. The highest BCUT2D eigenvalue weighted by Gasteiger charge is 2.50. The van der Waals surface area contributed by atoms with Crippen LogP contribution in [0.5, 0.6) is 11.5 Å². The molecule has 1 saturated heterocycles. The molecule has 1 heterocycles. The van der Waals surface area contributed by atoms with E-state index in [0.29, 0.717) is 5.75 Å². The molecule has 0 spiro atoms. The number of methoxy groups -OCH3 is 1. The summed E-state index contributed by atoms with van der Waals surface area (Å²) in [5, 5.41) is 0. The topological polar surface area (TPSA) is 110 Å². The molecule has 0 aromatic heterocycles. The molecule has 44 heavy (non-hydrogen) atoms. The predicted octanol–water partition coefficient (Wildman–Crippen LogP) is 6.23. The first-order valence-corrected chi connectivity index (χ1v) is 13.9. The van der Waals surface area contributed by atoms with Crippen LogP contribution >= 0.6 is 0 Å². The molecular weight excluding hydrogens is 587 g/mol. The number of alkyl halides is 3. The van der Waals surface area contributed by atoms with Crippen molar-refractivity contribution in [2.24, 2.45) is 0 Å². The van der Waals surface area contributed by atoms with E-state index in [2.05, 4.69) is 4.74 Å². The van der Waals surface area contributed by atoms with Gasteiger partial charge in [0.15, 0.2) is 12.2 Å². The molecule has 0 N–H and O–H groups in total. The highest BCUT2D eigenvalue weighted by molar-refractivity contribution is 5.74. The molecule has 0 bridgehead atoms. The van der Waals surface area contributed by atoms with Gasteiger partial charge in [-0.25, -0.2) is 9.59 Å². The van der Waals surface area contributed by atoms with Crippen molar-refractivity contribution in [2.75, 3.05) is 13.7 Å². The molecule has 3 rings (SSSR count). The van der Waals surface area contributed by atoms with E-state index in [-0.39, 0.29) is 18.5 Å². The fourth-order valence-corrected chi connectivity index (χ4v) is 4.49. The average molecular weight is 626 g/mol. The van der Waals surface area contributed by atoms with Crippen LogP contribution in [0, 0.1) is 0 Å². The Labute approximate surface area is 254 Å². The Morgan fingerprint density at radius 2 is 1.48 bits per heavy atom. The summed E-state index contributed by atoms with van der Waals surface area (Å²) in [5.41, 5.74) is -0.810. The number of hydrogen-bond donors (Lipinski definition) is 0. The highest BCUT2D eigenvalue weighted by Crippen LogP contribution is 2.31. The van der Waals surface area contributed by atoms with Crippen LogP contribution in [-0.4, -0.2) is 72.6 Å². The first-order chi connectivity index (χ1) is 20.3. The SMILES string of the molecule is COc1ccc(C[C@@H]2[C@H](OC(=O)Cc3cccc(OC(F)(F)F)c3)[C@@H](OC(=O)OC(C)(C)C)CN2C(=O)OC(C)(C)C)cc1. The van der Waals surface area contributed by atoms with Crippen LogP contribution in [0.4, 0.5) is 22.8 Å². The summed E-state index contributed by atoms with van der Waals surface area (Å²) >= 11 is 0. The van der Waals surface area contributed by atoms with E-state index < -0.39 is 66.2 Å². The maximum Gasteiger partial charge on any atom is 0.573 e. The third-order valence-corrected chi connectivity index (χ3v) is 6.14. The van der Waals surface area contributed by atoms with Crippen LogP contribution in [-0.2, 0) is 36.6 Å². The van der Waals surface area contributed by atoms with Crippen molar-refractivity contribution in [2.45, 2.75) is 90.2 Å². The molecule has 1 fully saturated rings. The molecule has 1 aliphatic heterocycles. The van der Waals surface area contributed by atoms with Gasteiger partial charge in [-0.3, -0.25) is 9.69 Å². The summed E-state index contributed by atoms with van der Waals surface area (Å²) in [6.07, 6.45) is -9.24. The third kappa shape index (κ3) is 10.8. The molecule has 2 aromatic rings. The third-order valence-electron chi connectivity index (χ3n) is 6.14. The van der Waals surface area contributed by atoms with Gasteiger partial charge in [-0.2, -0.15) is 0 Å². The van der Waals surface area contributed by atoms with Crippen molar-refractivity contribution in [3.05, 3.63) is 59.7 Å². The predicted molar refractivity (Wildman–Crippen MR) is 151 cm³/mol. The zero-order valence-corrected chi connectivity index (χ0v) is 25.7. The van der Waals surface area contributed by atoms with Crippen molar-refractivity contribution in [3.63, 3.8) is 0 Å². The summed E-state index contributed by atoms with van der Waals surface area (Å²) in [6, 6.07) is 11.1. The Morgan fingerprint density at radius 3 is 2.05 bits per heavy atom. The Hall–Kier alpha value is -4.16. The number of halogens is 3. The summed E-state index contributed by atoms with van der Waals surface area (Å²) < 4.78 is 69.6. The Morgan fingerprint density at radius 1 is 0.841 bits per heavy atom. The van der Waals surface area contributed by atoms with Gasteiger partial charge in [0.25, 0.3) is 0 Å². The minimum atomic E-state index is -4.91. The van der Waals surface area contributed by atoms with Gasteiger partial charge in [0, 0.05) is 0 Å². The number of benzene rings is 2. The van der Waals surface area contributed by atoms with Crippen LogP contribution < -0.4 is 9.47 Å². The van der Waals surface area contributed by atoms with E-state index in [0.717, 1.165) is 17.7 Å². The van der Waals surface area contributed by atoms with Gasteiger partial charge in [-0.05, 0) is 83.4 Å². The highest BCUT2D eigenvalue weighted by atomic mass is 19.4. The van der Waals surface area contributed by atoms with E-state index in [1.54, 1.807) is 65.8 Å². The van der Waals surface area contributed by atoms with Gasteiger partial charge < -0.3 is 28.4 Å². The Balaban J connectivity index is 1.93. The largest absolute Gasteiger partial charge is 0.573 e. The number of esters is 1. The zero-order valence-electron chi connectivity index (χ0n) is 25.7. The second-order valence-corrected chi connectivity index (χ2v) is 12.2. The van der Waals surface area contributed by atoms with Crippen molar-refractivity contribution in [3.8, 4) is 11.5 Å². The number of amides is 1. The van der Waals surface area contributed by atoms with Crippen molar-refractivity contribution in [1.29, 1.82) is 0 Å². The summed E-state index contributed by atoms with van der Waals surface area (Å²) in [6.45, 7) is 9.86. The fraction of sp³-hybridized carbons (Fsp3) is 0.516. The first-order valence-electron chi connectivity index (χ1n) is 13.9. The lowest BCUT2D eigenvalue weighted by Gasteiger charge is -2.30. The van der Waals surface area contributed by atoms with Gasteiger partial charge in [0.05, 0.1) is 26.1 Å². The summed E-state index contributed by atoms with van der Waals surface area (Å²) in [4.78, 5) is 40.6. The van der Waals surface area contributed by atoms with E-state index in [1.165, 1.54) is 24.1 Å². The molecule has 0 aliphatic carbocycles. The average Bonchev–Trinajstić information content (AvgIpc) is 3.17. The van der Waals surface area contributed by atoms with E-state index in [4.69, 9.17) is 23.7 Å². The summed E-state index contributed by atoms with van der Waals surface area (Å²) in [7, 11) is 1.52. The van der Waals surface area contributed by atoms with Crippen LogP contribution in [0.2, 0.25) is 0 Å². The van der Waals surface area contributed by atoms with Crippen molar-refractivity contribution < 1.29 is 56.0 Å². The van der Waals surface area contributed by atoms with E-state index in [9.17, 15) is 27.6 Å². The Kier molecular flexibility index (Phi) is 10.6. The normalized spacial score (nSPS) is 18.8. The quantitative estimate of drug-likeness (QED) is 0.249. The molecule has 242 valence electrons. The molecule has 1 amide bonds. The van der Waals surface area contributed by atoms with Crippen molar-refractivity contribution >= 4 is 18.2 Å². The number of hydrogen-bond acceptors (Lipinski definition) is 9. The molecule has 0 saturated carbocycles. The van der Waals surface area contributed by atoms with Crippen LogP contribution in [0.3, 0.4) is 0 Å². The molecule has 13 heteroatoms. The monoisotopic (exact) mass is 625 g/mol. The zero-order chi connectivity index (χ0) is 32.9. The van der Waals surface area contributed by atoms with Gasteiger partial charge >= 0.3 is 24.6 Å². The molecular formula is C31H38F3NO9. The number of likely N-dealkylation sites (tertiary alicyclic amines) is 1. The Bertz CT molecular complexity index is 1300. The molecule has 2 aromatic carbocycles. The van der Waals surface area contributed by atoms with Gasteiger partial charge in [-0.1, -0.05) is 24.3 Å². The maximum atomic E-state index is 13.4. The van der Waals surface area contributed by atoms with Gasteiger partial charge in [-0.15, -0.1) is 13.2 Å². The maximum absolute atomic E-state index is 13.4. The van der Waals surface area contributed by atoms with Gasteiger partial charge in [0.2, 0.25) is 0 Å². The first kappa shape index (κ1) is 34.3. The summed E-state index contributed by atoms with van der Waals surface area (Å²) in [5.74, 6) is -0.721. The van der Waals surface area contributed by atoms with Crippen LogP contribution in [0.1, 0.15) is 52.7 Å². The smallest absolute Gasteiger partial charge is 0.497 e. The number of rotatable bonds is 8. The van der Waals surface area contributed by atoms with E-state index in [1.807, 2.05) is 0 Å². The lowest BCUT2D eigenvalue weighted by atomic mass is 10.0. The minimum absolute atomic E-state index is 0.171. The fourth-order valence-electron chi connectivity index (χ4n) is 4.49. The standard InChI is InChI=1S/C31H38F3NO9/c1-29(2,3)43-27(37)35-18-24(40-28(38)44-30(4,5)6)26(23(35)16-19-11-13-21(39-7)14-12-19)41-25(36)17-20-9-8-10-22(15-20)42-31(32,33)34/h8-15,23-24,26H,16-18H2,1-7H3/t23-,24+,26+/m1/s1. The van der Waals surface area contributed by atoms with Crippen LogP contribution in [0.25, 0.3) is 0 Å². The van der Waals surface area contributed by atoms with Crippen molar-refractivity contribution in [1.82, 2.24) is 4.90 Å². The van der Waals surface area contributed by atoms with Gasteiger partial charge in [0.1, 0.15) is 22.7 Å². The second-order valence-electron chi connectivity index (χ2n) is 12.2. The molecule has 1 aliphatic rings. The molecule has 10 nitrogen and oxygen atoms in total. The second kappa shape index (κ2) is 13.6. The molecule has 0 unspecified atom stereocenters. The number of carbonyl (C=O) groups is 3. The lowest BCUT2D eigenvalue weighted by molar-refractivity contribution is -0.274. The number of nitrogens with zero attached hydrogens (tertiary/aromatic N) is 1. The molecule has 0 radical (unpaired) electrons. The number of ether oxygens (including phenoxy) is 6. The van der Waals surface area contributed by atoms with E-state index >= 15 is 0 Å². The van der Waals surface area contributed by atoms with Crippen LogP contribution in [0.15, 0.2) is 48.5 Å².